The van der Waals surface area contributed by atoms with Crippen LogP contribution in [0.2, 0.25) is 0 Å². The number of nitrogens with one attached hydrogen (secondary N) is 1. The number of aromatic nitrogens is 1. The third kappa shape index (κ3) is 3.12. The van der Waals surface area contributed by atoms with Crippen LogP contribution in [0.25, 0.3) is 0 Å². The Kier molecular flexibility index (Phi) is 3.80. The molecular formula is C15H22FN3. The molecule has 1 aliphatic carbocycles. The van der Waals surface area contributed by atoms with Gasteiger partial charge in [0.2, 0.25) is 0 Å². The molecule has 1 aromatic heterocycles. The van der Waals surface area contributed by atoms with E-state index in [1.165, 1.54) is 38.1 Å². The van der Waals surface area contributed by atoms with Gasteiger partial charge in [0.25, 0.3) is 0 Å². The van der Waals surface area contributed by atoms with Crippen LogP contribution in [0.15, 0.2) is 18.3 Å². The van der Waals surface area contributed by atoms with Gasteiger partial charge in [-0.1, -0.05) is 6.92 Å². The molecule has 3 rings (SSSR count). The van der Waals surface area contributed by atoms with Gasteiger partial charge in [-0.3, -0.25) is 9.88 Å². The highest BCUT2D eigenvalue weighted by atomic mass is 19.1. The number of pyridine rings is 1. The van der Waals surface area contributed by atoms with E-state index < -0.39 is 0 Å². The van der Waals surface area contributed by atoms with Crippen molar-refractivity contribution in [3.05, 3.63) is 29.8 Å². The molecule has 2 heterocycles. The lowest BCUT2D eigenvalue weighted by molar-refractivity contribution is 0.311. The van der Waals surface area contributed by atoms with Crippen molar-refractivity contribution >= 4 is 0 Å². The molecule has 0 amide bonds. The van der Waals surface area contributed by atoms with Gasteiger partial charge < -0.3 is 5.32 Å². The Bertz CT molecular complexity index is 416. The first-order valence-electron chi connectivity index (χ1n) is 7.38. The zero-order valence-corrected chi connectivity index (χ0v) is 11.5. The Labute approximate surface area is 114 Å². The van der Waals surface area contributed by atoms with Gasteiger partial charge in [0.1, 0.15) is 5.82 Å². The van der Waals surface area contributed by atoms with E-state index in [2.05, 4.69) is 22.1 Å². The van der Waals surface area contributed by atoms with Crippen molar-refractivity contribution in [2.24, 2.45) is 0 Å². The first-order valence-corrected chi connectivity index (χ1v) is 7.38. The summed E-state index contributed by atoms with van der Waals surface area (Å²) in [6.07, 6.45) is 6.27. The van der Waals surface area contributed by atoms with Gasteiger partial charge >= 0.3 is 0 Å². The molecule has 0 aromatic carbocycles. The Hall–Kier alpha value is -1.00. The summed E-state index contributed by atoms with van der Waals surface area (Å²) < 4.78 is 12.9. The van der Waals surface area contributed by atoms with Gasteiger partial charge in [-0.05, 0) is 37.8 Å². The molecule has 3 nitrogen and oxygen atoms in total. The molecule has 104 valence electrons. The first-order chi connectivity index (χ1) is 9.26. The summed E-state index contributed by atoms with van der Waals surface area (Å²) in [6, 6.07) is 4.94. The SMILES string of the molecule is CCC(NC1CCN(C2CC2)C1)c1ccc(F)cn1. The van der Waals surface area contributed by atoms with Crippen molar-refractivity contribution in [2.75, 3.05) is 13.1 Å². The predicted molar refractivity (Wildman–Crippen MR) is 73.4 cm³/mol. The van der Waals surface area contributed by atoms with Crippen molar-refractivity contribution in [2.45, 2.75) is 50.7 Å². The number of nitrogens with zero attached hydrogens (tertiary/aromatic N) is 2. The fraction of sp³-hybridized carbons (Fsp3) is 0.667. The molecule has 1 N–H and O–H groups in total. The Morgan fingerprint density at radius 3 is 2.89 bits per heavy atom. The van der Waals surface area contributed by atoms with Crippen LogP contribution in [0.1, 0.15) is 44.3 Å². The smallest absolute Gasteiger partial charge is 0.141 e. The summed E-state index contributed by atoms with van der Waals surface area (Å²) in [5.41, 5.74) is 0.953. The van der Waals surface area contributed by atoms with Crippen molar-refractivity contribution in [3.63, 3.8) is 0 Å². The molecule has 1 saturated heterocycles. The van der Waals surface area contributed by atoms with Gasteiger partial charge in [0.15, 0.2) is 0 Å². The summed E-state index contributed by atoms with van der Waals surface area (Å²) in [5.74, 6) is -0.264. The molecule has 0 spiro atoms. The second-order valence-electron chi connectivity index (χ2n) is 5.74. The van der Waals surface area contributed by atoms with E-state index in [1.807, 2.05) is 0 Å². The summed E-state index contributed by atoms with van der Waals surface area (Å²) in [7, 11) is 0. The highest BCUT2D eigenvalue weighted by Gasteiger charge is 2.34. The first kappa shape index (κ1) is 13.0. The van der Waals surface area contributed by atoms with E-state index >= 15 is 0 Å². The maximum atomic E-state index is 12.9. The Morgan fingerprint density at radius 1 is 1.42 bits per heavy atom. The second-order valence-corrected chi connectivity index (χ2v) is 5.74. The maximum Gasteiger partial charge on any atom is 0.141 e. The van der Waals surface area contributed by atoms with Crippen LogP contribution < -0.4 is 5.32 Å². The monoisotopic (exact) mass is 263 g/mol. The third-order valence-corrected chi connectivity index (χ3v) is 4.24. The molecular weight excluding hydrogens is 241 g/mol. The third-order valence-electron chi connectivity index (χ3n) is 4.24. The minimum Gasteiger partial charge on any atom is -0.305 e. The molecule has 1 aliphatic heterocycles. The minimum absolute atomic E-state index is 0.241. The maximum absolute atomic E-state index is 12.9. The topological polar surface area (TPSA) is 28.2 Å². The normalized spacial score (nSPS) is 25.7. The fourth-order valence-electron chi connectivity index (χ4n) is 2.98. The molecule has 2 aliphatic rings. The van der Waals surface area contributed by atoms with Crippen LogP contribution in [0.3, 0.4) is 0 Å². The van der Waals surface area contributed by atoms with E-state index in [-0.39, 0.29) is 11.9 Å². The zero-order chi connectivity index (χ0) is 13.2. The highest BCUT2D eigenvalue weighted by molar-refractivity contribution is 5.10. The molecule has 2 atom stereocenters. The average molecular weight is 263 g/mol. The molecule has 0 bridgehead atoms. The Morgan fingerprint density at radius 2 is 2.26 bits per heavy atom. The van der Waals surface area contributed by atoms with Gasteiger partial charge in [-0.25, -0.2) is 4.39 Å². The molecule has 2 fully saturated rings. The fourth-order valence-corrected chi connectivity index (χ4v) is 2.98. The summed E-state index contributed by atoms with van der Waals surface area (Å²) >= 11 is 0. The second kappa shape index (κ2) is 5.55. The lowest BCUT2D eigenvalue weighted by atomic mass is 10.1. The van der Waals surface area contributed by atoms with E-state index in [0.29, 0.717) is 6.04 Å². The average Bonchev–Trinajstić information content (AvgIpc) is 3.17. The van der Waals surface area contributed by atoms with Crippen LogP contribution in [-0.4, -0.2) is 35.1 Å². The van der Waals surface area contributed by atoms with E-state index in [9.17, 15) is 4.39 Å². The van der Waals surface area contributed by atoms with Crippen LogP contribution in [0.4, 0.5) is 4.39 Å². The van der Waals surface area contributed by atoms with Crippen LogP contribution >= 0.6 is 0 Å². The van der Waals surface area contributed by atoms with Gasteiger partial charge in [0.05, 0.1) is 11.9 Å². The quantitative estimate of drug-likeness (QED) is 0.884. The van der Waals surface area contributed by atoms with Crippen LogP contribution in [0, 0.1) is 5.82 Å². The number of likely N-dealkylation sites (tertiary alicyclic amines) is 1. The standard InChI is InChI=1S/C15H22FN3/c1-2-14(15-6-3-11(16)9-17-15)18-12-7-8-19(10-12)13-4-5-13/h3,6,9,12-14,18H,2,4-5,7-8,10H2,1H3. The lowest BCUT2D eigenvalue weighted by Gasteiger charge is -2.22. The minimum atomic E-state index is -0.264. The lowest BCUT2D eigenvalue weighted by Crippen LogP contribution is -2.36. The number of rotatable bonds is 5. The highest BCUT2D eigenvalue weighted by Crippen LogP contribution is 2.30. The van der Waals surface area contributed by atoms with Crippen molar-refractivity contribution < 1.29 is 4.39 Å². The summed E-state index contributed by atoms with van der Waals surface area (Å²) in [6.45, 7) is 4.52. The molecule has 2 unspecified atom stereocenters. The Balaban J connectivity index is 1.58. The largest absolute Gasteiger partial charge is 0.305 e. The number of hydrogen-bond donors (Lipinski definition) is 1. The van der Waals surface area contributed by atoms with Crippen molar-refractivity contribution in [1.82, 2.24) is 15.2 Å². The molecule has 4 heteroatoms. The van der Waals surface area contributed by atoms with E-state index in [0.717, 1.165) is 24.7 Å². The van der Waals surface area contributed by atoms with Crippen molar-refractivity contribution in [3.8, 4) is 0 Å². The molecule has 0 radical (unpaired) electrons. The van der Waals surface area contributed by atoms with Gasteiger partial charge in [-0.2, -0.15) is 0 Å². The van der Waals surface area contributed by atoms with E-state index in [4.69, 9.17) is 0 Å². The van der Waals surface area contributed by atoms with Crippen LogP contribution in [0.5, 0.6) is 0 Å². The predicted octanol–water partition coefficient (Wildman–Crippen LogP) is 2.50. The van der Waals surface area contributed by atoms with Gasteiger partial charge in [0, 0.05) is 31.2 Å². The van der Waals surface area contributed by atoms with Gasteiger partial charge in [-0.15, -0.1) is 0 Å². The van der Waals surface area contributed by atoms with E-state index in [1.54, 1.807) is 6.07 Å². The number of hydrogen-bond acceptors (Lipinski definition) is 3. The molecule has 1 aromatic rings. The number of halogens is 1. The van der Waals surface area contributed by atoms with Crippen LogP contribution in [-0.2, 0) is 0 Å². The molecule has 1 saturated carbocycles. The summed E-state index contributed by atoms with van der Waals surface area (Å²) in [5, 5.41) is 3.69. The van der Waals surface area contributed by atoms with Crippen molar-refractivity contribution in [1.29, 1.82) is 0 Å². The summed E-state index contributed by atoms with van der Waals surface area (Å²) in [4.78, 5) is 6.81. The zero-order valence-electron chi connectivity index (χ0n) is 11.5. The molecule has 19 heavy (non-hydrogen) atoms.